The van der Waals surface area contributed by atoms with Crippen LogP contribution in [0, 0.1) is 6.92 Å². The zero-order chi connectivity index (χ0) is 20.1. The first-order chi connectivity index (χ1) is 13.4. The number of benzene rings is 2. The fourth-order valence-electron chi connectivity index (χ4n) is 3.26. The van der Waals surface area contributed by atoms with Gasteiger partial charge in [-0.15, -0.1) is 0 Å². The van der Waals surface area contributed by atoms with E-state index in [1.165, 1.54) is 0 Å². The van der Waals surface area contributed by atoms with Gasteiger partial charge in [0.2, 0.25) is 0 Å². The predicted octanol–water partition coefficient (Wildman–Crippen LogP) is 3.26. The number of anilines is 1. The van der Waals surface area contributed by atoms with Gasteiger partial charge < -0.3 is 19.7 Å². The van der Waals surface area contributed by atoms with E-state index in [9.17, 15) is 9.59 Å². The Morgan fingerprint density at radius 1 is 1.07 bits per heavy atom. The second-order valence-electron chi connectivity index (χ2n) is 7.16. The first-order valence-corrected chi connectivity index (χ1v) is 9.45. The van der Waals surface area contributed by atoms with Gasteiger partial charge in [0.25, 0.3) is 11.8 Å². The van der Waals surface area contributed by atoms with E-state index in [-0.39, 0.29) is 30.6 Å². The third-order valence-corrected chi connectivity index (χ3v) is 4.53. The van der Waals surface area contributed by atoms with Crippen LogP contribution in [-0.2, 0) is 9.53 Å². The molecule has 1 heterocycles. The molecule has 0 saturated carbocycles. The van der Waals surface area contributed by atoms with Gasteiger partial charge in [0.15, 0.2) is 6.61 Å². The highest BCUT2D eigenvalue weighted by atomic mass is 16.5. The number of amides is 2. The van der Waals surface area contributed by atoms with Gasteiger partial charge in [-0.3, -0.25) is 9.59 Å². The van der Waals surface area contributed by atoms with Gasteiger partial charge in [-0.1, -0.05) is 29.8 Å². The van der Waals surface area contributed by atoms with Crippen LogP contribution in [0.2, 0.25) is 0 Å². The number of carbonyl (C=O) groups excluding carboxylic acids is 2. The molecule has 2 aromatic carbocycles. The van der Waals surface area contributed by atoms with Gasteiger partial charge in [0.05, 0.1) is 23.5 Å². The molecule has 148 valence electrons. The van der Waals surface area contributed by atoms with Gasteiger partial charge in [0, 0.05) is 13.1 Å². The fraction of sp³-hybridized carbons (Fsp3) is 0.364. The molecule has 1 fully saturated rings. The van der Waals surface area contributed by atoms with Crippen LogP contribution in [0.3, 0.4) is 0 Å². The average molecular weight is 382 g/mol. The highest BCUT2D eigenvalue weighted by Gasteiger charge is 2.28. The van der Waals surface area contributed by atoms with Crippen LogP contribution in [0.15, 0.2) is 48.5 Å². The number of rotatable bonds is 5. The normalized spacial score (nSPS) is 19.2. The minimum Gasteiger partial charge on any atom is -0.484 e. The molecule has 1 aliphatic rings. The number of aryl methyl sites for hydroxylation is 1. The molecule has 3 rings (SSSR count). The van der Waals surface area contributed by atoms with Crippen molar-refractivity contribution in [3.8, 4) is 5.75 Å². The Labute approximate surface area is 165 Å². The summed E-state index contributed by atoms with van der Waals surface area (Å²) in [6.07, 6.45) is -0.0327. The van der Waals surface area contributed by atoms with E-state index in [1.54, 1.807) is 29.2 Å². The molecule has 1 aliphatic heterocycles. The number of nitrogens with one attached hydrogen (secondary N) is 1. The van der Waals surface area contributed by atoms with Crippen molar-refractivity contribution in [1.82, 2.24) is 4.90 Å². The Morgan fingerprint density at radius 3 is 2.39 bits per heavy atom. The second kappa shape index (κ2) is 8.89. The summed E-state index contributed by atoms with van der Waals surface area (Å²) >= 11 is 0. The third-order valence-electron chi connectivity index (χ3n) is 4.53. The third kappa shape index (κ3) is 5.10. The largest absolute Gasteiger partial charge is 0.484 e. The van der Waals surface area contributed by atoms with E-state index < -0.39 is 0 Å². The lowest BCUT2D eigenvalue weighted by molar-refractivity contribution is -0.118. The molecule has 6 nitrogen and oxygen atoms in total. The highest BCUT2D eigenvalue weighted by molar-refractivity contribution is 6.04. The Kier molecular flexibility index (Phi) is 6.31. The maximum absolute atomic E-state index is 13.0. The van der Waals surface area contributed by atoms with E-state index in [4.69, 9.17) is 9.47 Å². The SMILES string of the molecule is Cc1ccc(OCC(=O)Nc2ccccc2C(=O)N2CC(C)OC(C)C2)cc1. The number of hydrogen-bond acceptors (Lipinski definition) is 4. The van der Waals surface area contributed by atoms with Crippen LogP contribution in [0.5, 0.6) is 5.75 Å². The van der Waals surface area contributed by atoms with Crippen molar-refractivity contribution in [3.05, 3.63) is 59.7 Å². The lowest BCUT2D eigenvalue weighted by Crippen LogP contribution is -2.48. The molecule has 2 unspecified atom stereocenters. The summed E-state index contributed by atoms with van der Waals surface area (Å²) in [6, 6.07) is 14.5. The average Bonchev–Trinajstić information content (AvgIpc) is 2.67. The molecule has 6 heteroatoms. The van der Waals surface area contributed by atoms with Crippen molar-refractivity contribution in [2.75, 3.05) is 25.0 Å². The van der Waals surface area contributed by atoms with E-state index >= 15 is 0 Å². The summed E-state index contributed by atoms with van der Waals surface area (Å²) in [5.41, 5.74) is 2.07. The van der Waals surface area contributed by atoms with Crippen LogP contribution < -0.4 is 10.1 Å². The Bertz CT molecular complexity index is 825. The number of carbonyl (C=O) groups is 2. The molecule has 2 amide bonds. The predicted molar refractivity (Wildman–Crippen MR) is 108 cm³/mol. The van der Waals surface area contributed by atoms with Crippen LogP contribution >= 0.6 is 0 Å². The first-order valence-electron chi connectivity index (χ1n) is 9.45. The van der Waals surface area contributed by atoms with Crippen molar-refractivity contribution in [2.45, 2.75) is 33.0 Å². The van der Waals surface area contributed by atoms with E-state index in [0.717, 1.165) is 5.56 Å². The minimum atomic E-state index is -0.315. The smallest absolute Gasteiger partial charge is 0.262 e. The number of nitrogens with zero attached hydrogens (tertiary/aromatic N) is 1. The quantitative estimate of drug-likeness (QED) is 0.862. The Hall–Kier alpha value is -2.86. The molecular formula is C22H26N2O4. The lowest BCUT2D eigenvalue weighted by atomic mass is 10.1. The Balaban J connectivity index is 1.65. The molecule has 28 heavy (non-hydrogen) atoms. The summed E-state index contributed by atoms with van der Waals surface area (Å²) in [6.45, 7) is 6.82. The van der Waals surface area contributed by atoms with Crippen LogP contribution in [0.4, 0.5) is 5.69 Å². The standard InChI is InChI=1S/C22H26N2O4/c1-15-8-10-18(11-9-15)27-14-21(25)23-20-7-5-4-6-19(20)22(26)24-12-16(2)28-17(3)13-24/h4-11,16-17H,12-14H2,1-3H3,(H,23,25). The van der Waals surface area contributed by atoms with Crippen molar-refractivity contribution in [1.29, 1.82) is 0 Å². The second-order valence-corrected chi connectivity index (χ2v) is 7.16. The number of ether oxygens (including phenoxy) is 2. The summed E-state index contributed by atoms with van der Waals surface area (Å²) in [5.74, 6) is 0.197. The van der Waals surface area contributed by atoms with Gasteiger partial charge in [-0.05, 0) is 45.0 Å². The van der Waals surface area contributed by atoms with Crippen LogP contribution in [-0.4, -0.2) is 48.6 Å². The fourth-order valence-corrected chi connectivity index (χ4v) is 3.26. The molecule has 0 aliphatic carbocycles. The monoisotopic (exact) mass is 382 g/mol. The van der Waals surface area contributed by atoms with Crippen molar-refractivity contribution < 1.29 is 19.1 Å². The molecular weight excluding hydrogens is 356 g/mol. The van der Waals surface area contributed by atoms with E-state index in [2.05, 4.69) is 5.32 Å². The summed E-state index contributed by atoms with van der Waals surface area (Å²) in [5, 5.41) is 2.79. The molecule has 0 spiro atoms. The molecule has 1 saturated heterocycles. The van der Waals surface area contributed by atoms with Crippen molar-refractivity contribution in [3.63, 3.8) is 0 Å². The molecule has 2 atom stereocenters. The summed E-state index contributed by atoms with van der Waals surface area (Å²) < 4.78 is 11.2. The minimum absolute atomic E-state index is 0.0163. The lowest BCUT2D eigenvalue weighted by Gasteiger charge is -2.35. The molecule has 1 N–H and O–H groups in total. The van der Waals surface area contributed by atoms with E-state index in [1.807, 2.05) is 45.0 Å². The van der Waals surface area contributed by atoms with Crippen molar-refractivity contribution in [2.24, 2.45) is 0 Å². The maximum Gasteiger partial charge on any atom is 0.262 e. The van der Waals surface area contributed by atoms with E-state index in [0.29, 0.717) is 30.1 Å². The Morgan fingerprint density at radius 2 is 1.71 bits per heavy atom. The number of hydrogen-bond donors (Lipinski definition) is 1. The first kappa shape index (κ1) is 19.9. The van der Waals surface area contributed by atoms with Crippen LogP contribution in [0.1, 0.15) is 29.8 Å². The molecule has 0 aromatic heterocycles. The van der Waals surface area contributed by atoms with Gasteiger partial charge >= 0.3 is 0 Å². The van der Waals surface area contributed by atoms with Crippen molar-refractivity contribution >= 4 is 17.5 Å². The molecule has 0 radical (unpaired) electrons. The maximum atomic E-state index is 13.0. The summed E-state index contributed by atoms with van der Waals surface area (Å²) in [7, 11) is 0. The van der Waals surface area contributed by atoms with Crippen LogP contribution in [0.25, 0.3) is 0 Å². The van der Waals surface area contributed by atoms with Gasteiger partial charge in [-0.25, -0.2) is 0 Å². The van der Waals surface area contributed by atoms with Gasteiger partial charge in [-0.2, -0.15) is 0 Å². The highest BCUT2D eigenvalue weighted by Crippen LogP contribution is 2.20. The van der Waals surface area contributed by atoms with Gasteiger partial charge in [0.1, 0.15) is 5.75 Å². The zero-order valence-corrected chi connectivity index (χ0v) is 16.5. The topological polar surface area (TPSA) is 67.9 Å². The summed E-state index contributed by atoms with van der Waals surface area (Å²) in [4.78, 5) is 27.1. The number of para-hydroxylation sites is 1. The number of morpholine rings is 1. The molecule has 0 bridgehead atoms. The zero-order valence-electron chi connectivity index (χ0n) is 16.5. The molecule has 2 aromatic rings.